The zero-order valence-corrected chi connectivity index (χ0v) is 10.2. The quantitative estimate of drug-likeness (QED) is 0.698. The number of β-amino-alcohol motifs (C(OH)–C–C–N with tert-alkyl or cyclic N) is 1. The molecule has 17 heavy (non-hydrogen) atoms. The number of ether oxygens (including phenoxy) is 1. The highest BCUT2D eigenvalue weighted by atomic mass is 16.5. The molecular weight excluding hydrogens is 220 g/mol. The third-order valence-corrected chi connectivity index (χ3v) is 3.98. The van der Waals surface area contributed by atoms with Crippen LogP contribution in [0.5, 0.6) is 0 Å². The first kappa shape index (κ1) is 12.8. The van der Waals surface area contributed by atoms with Crippen LogP contribution >= 0.6 is 0 Å². The van der Waals surface area contributed by atoms with Gasteiger partial charge in [-0.05, 0) is 25.7 Å². The zero-order valence-electron chi connectivity index (χ0n) is 10.2. The second-order valence-electron chi connectivity index (χ2n) is 5.14. The summed E-state index contributed by atoms with van der Waals surface area (Å²) in [4.78, 5) is 14.3. The van der Waals surface area contributed by atoms with E-state index in [0.29, 0.717) is 39.1 Å². The topological polar surface area (TPSA) is 75.8 Å². The highest BCUT2D eigenvalue weighted by Gasteiger charge is 2.42. The number of aliphatic hydroxyl groups is 1. The monoisotopic (exact) mass is 242 g/mol. The van der Waals surface area contributed by atoms with E-state index in [9.17, 15) is 9.90 Å². The third-order valence-electron chi connectivity index (χ3n) is 3.98. The van der Waals surface area contributed by atoms with Gasteiger partial charge in [0.05, 0.1) is 11.5 Å². The van der Waals surface area contributed by atoms with Crippen molar-refractivity contribution in [2.45, 2.75) is 31.8 Å². The van der Waals surface area contributed by atoms with Crippen molar-refractivity contribution >= 4 is 5.91 Å². The van der Waals surface area contributed by atoms with Crippen molar-refractivity contribution in [2.24, 2.45) is 11.1 Å². The minimum absolute atomic E-state index is 0.113. The molecule has 1 amide bonds. The normalized spacial score (nSPS) is 29.1. The summed E-state index contributed by atoms with van der Waals surface area (Å²) in [7, 11) is 0. The van der Waals surface area contributed by atoms with Gasteiger partial charge in [0.15, 0.2) is 0 Å². The molecule has 3 N–H and O–H groups in total. The summed E-state index contributed by atoms with van der Waals surface area (Å²) < 4.78 is 5.31. The molecule has 2 rings (SSSR count). The molecule has 0 unspecified atom stereocenters. The molecule has 0 aromatic carbocycles. The van der Waals surface area contributed by atoms with Crippen molar-refractivity contribution in [3.8, 4) is 0 Å². The van der Waals surface area contributed by atoms with E-state index in [-0.39, 0.29) is 12.0 Å². The molecule has 2 heterocycles. The molecular formula is C12H22N2O3. The highest BCUT2D eigenvalue weighted by molar-refractivity contribution is 5.83. The summed E-state index contributed by atoms with van der Waals surface area (Å²) >= 11 is 0. The number of amides is 1. The Bertz CT molecular complexity index is 277. The van der Waals surface area contributed by atoms with E-state index in [4.69, 9.17) is 10.5 Å². The predicted octanol–water partition coefficient (Wildman–Crippen LogP) is -0.275. The van der Waals surface area contributed by atoms with Gasteiger partial charge in [0.1, 0.15) is 0 Å². The Hall–Kier alpha value is -0.650. The highest BCUT2D eigenvalue weighted by Crippen LogP contribution is 2.32. The Morgan fingerprint density at radius 1 is 1.47 bits per heavy atom. The molecule has 0 aromatic heterocycles. The van der Waals surface area contributed by atoms with Gasteiger partial charge in [-0.1, -0.05) is 0 Å². The smallest absolute Gasteiger partial charge is 0.230 e. The number of carbonyl (C=O) groups excluding carboxylic acids is 1. The molecule has 0 bridgehead atoms. The standard InChI is InChI=1S/C12H22N2O3/c13-9-12(3-6-17-7-4-12)11(16)14-5-1-2-10(15)8-14/h10,15H,1-9,13H2/t10-/m0/s1. The minimum Gasteiger partial charge on any atom is -0.391 e. The van der Waals surface area contributed by atoms with Crippen molar-refractivity contribution in [3.05, 3.63) is 0 Å². The van der Waals surface area contributed by atoms with E-state index >= 15 is 0 Å². The SMILES string of the molecule is NCC1(C(=O)N2CCC[C@H](O)C2)CCOCC1. The van der Waals surface area contributed by atoms with Gasteiger partial charge in [-0.25, -0.2) is 0 Å². The lowest BCUT2D eigenvalue weighted by atomic mass is 9.78. The molecule has 1 atom stereocenters. The number of hydrogen-bond acceptors (Lipinski definition) is 4. The third kappa shape index (κ3) is 2.61. The summed E-state index contributed by atoms with van der Waals surface area (Å²) in [5, 5.41) is 9.63. The van der Waals surface area contributed by atoms with Crippen LogP contribution in [0.25, 0.3) is 0 Å². The van der Waals surface area contributed by atoms with Crippen LogP contribution in [-0.4, -0.2) is 54.9 Å². The first-order valence-corrected chi connectivity index (χ1v) is 6.43. The van der Waals surface area contributed by atoms with Crippen LogP contribution in [0.2, 0.25) is 0 Å². The van der Waals surface area contributed by atoms with Crippen LogP contribution in [0.4, 0.5) is 0 Å². The fourth-order valence-corrected chi connectivity index (χ4v) is 2.74. The number of nitrogens with two attached hydrogens (primary N) is 1. The molecule has 5 nitrogen and oxygen atoms in total. The molecule has 5 heteroatoms. The van der Waals surface area contributed by atoms with Gasteiger partial charge in [0.25, 0.3) is 0 Å². The maximum atomic E-state index is 12.5. The van der Waals surface area contributed by atoms with E-state index in [2.05, 4.69) is 0 Å². The lowest BCUT2D eigenvalue weighted by Crippen LogP contribution is -2.54. The molecule has 2 saturated heterocycles. The minimum atomic E-state index is -0.449. The zero-order chi connectivity index (χ0) is 12.3. The number of hydrogen-bond donors (Lipinski definition) is 2. The number of piperidine rings is 1. The molecule has 0 radical (unpaired) electrons. The van der Waals surface area contributed by atoms with Crippen LogP contribution in [-0.2, 0) is 9.53 Å². The van der Waals surface area contributed by atoms with Crippen molar-refractivity contribution < 1.29 is 14.6 Å². The van der Waals surface area contributed by atoms with Gasteiger partial charge in [0, 0.05) is 32.8 Å². The molecule has 2 fully saturated rings. The van der Waals surface area contributed by atoms with Gasteiger partial charge < -0.3 is 20.5 Å². The van der Waals surface area contributed by atoms with Gasteiger partial charge in [-0.15, -0.1) is 0 Å². The van der Waals surface area contributed by atoms with Crippen molar-refractivity contribution in [1.82, 2.24) is 4.90 Å². The van der Waals surface area contributed by atoms with Crippen LogP contribution in [0.1, 0.15) is 25.7 Å². The average molecular weight is 242 g/mol. The average Bonchev–Trinajstić information content (AvgIpc) is 2.38. The molecule has 2 aliphatic heterocycles. The number of likely N-dealkylation sites (tertiary alicyclic amines) is 1. The Labute approximate surface area is 102 Å². The Balaban J connectivity index is 2.05. The van der Waals surface area contributed by atoms with Crippen LogP contribution in [0.15, 0.2) is 0 Å². The van der Waals surface area contributed by atoms with Crippen molar-refractivity contribution in [2.75, 3.05) is 32.8 Å². The largest absolute Gasteiger partial charge is 0.391 e. The first-order chi connectivity index (χ1) is 8.18. The first-order valence-electron chi connectivity index (χ1n) is 6.43. The summed E-state index contributed by atoms with van der Waals surface area (Å²) in [6.45, 7) is 2.81. The molecule has 98 valence electrons. The molecule has 0 aromatic rings. The second kappa shape index (κ2) is 5.33. The Morgan fingerprint density at radius 3 is 2.76 bits per heavy atom. The van der Waals surface area contributed by atoms with E-state index in [1.165, 1.54) is 0 Å². The molecule has 0 saturated carbocycles. The van der Waals surface area contributed by atoms with Gasteiger partial charge in [-0.2, -0.15) is 0 Å². The Morgan fingerprint density at radius 2 is 2.18 bits per heavy atom. The van der Waals surface area contributed by atoms with E-state index in [1.54, 1.807) is 4.90 Å². The molecule has 0 spiro atoms. The number of carbonyl (C=O) groups is 1. The van der Waals surface area contributed by atoms with Crippen molar-refractivity contribution in [3.63, 3.8) is 0 Å². The van der Waals surface area contributed by atoms with Gasteiger partial charge in [0.2, 0.25) is 5.91 Å². The number of rotatable bonds is 2. The fourth-order valence-electron chi connectivity index (χ4n) is 2.74. The van der Waals surface area contributed by atoms with Crippen molar-refractivity contribution in [1.29, 1.82) is 0 Å². The predicted molar refractivity (Wildman–Crippen MR) is 63.4 cm³/mol. The summed E-state index contributed by atoms with van der Waals surface area (Å²) in [5.41, 5.74) is 5.37. The summed E-state index contributed by atoms with van der Waals surface area (Å²) in [6.07, 6.45) is 2.71. The molecule has 2 aliphatic rings. The van der Waals surface area contributed by atoms with E-state index < -0.39 is 5.41 Å². The number of nitrogens with zero attached hydrogens (tertiary/aromatic N) is 1. The van der Waals surface area contributed by atoms with E-state index in [0.717, 1.165) is 19.4 Å². The van der Waals surface area contributed by atoms with Gasteiger partial charge in [-0.3, -0.25) is 4.79 Å². The number of aliphatic hydroxyl groups excluding tert-OH is 1. The molecule has 0 aliphatic carbocycles. The van der Waals surface area contributed by atoms with Crippen LogP contribution in [0, 0.1) is 5.41 Å². The van der Waals surface area contributed by atoms with Gasteiger partial charge >= 0.3 is 0 Å². The second-order valence-corrected chi connectivity index (χ2v) is 5.14. The van der Waals surface area contributed by atoms with Crippen LogP contribution < -0.4 is 5.73 Å². The summed E-state index contributed by atoms with van der Waals surface area (Å²) in [6, 6.07) is 0. The summed E-state index contributed by atoms with van der Waals surface area (Å²) in [5.74, 6) is 0.113. The fraction of sp³-hybridized carbons (Fsp3) is 0.917. The lowest BCUT2D eigenvalue weighted by molar-refractivity contribution is -0.150. The maximum absolute atomic E-state index is 12.5. The van der Waals surface area contributed by atoms with E-state index in [1.807, 2.05) is 0 Å². The Kier molecular flexibility index (Phi) is 4.01. The lowest BCUT2D eigenvalue weighted by Gasteiger charge is -2.41. The maximum Gasteiger partial charge on any atom is 0.230 e. The van der Waals surface area contributed by atoms with Crippen LogP contribution in [0.3, 0.4) is 0 Å².